The molecule has 0 amide bonds. The summed E-state index contributed by atoms with van der Waals surface area (Å²) in [6, 6.07) is 58.4. The van der Waals surface area contributed by atoms with Gasteiger partial charge in [0.05, 0.1) is 5.41 Å². The lowest BCUT2D eigenvalue weighted by molar-refractivity contribution is 0.768. The van der Waals surface area contributed by atoms with E-state index in [9.17, 15) is 0 Å². The molecule has 9 rings (SSSR count). The van der Waals surface area contributed by atoms with Crippen molar-refractivity contribution in [3.05, 3.63) is 180 Å². The van der Waals surface area contributed by atoms with E-state index in [0.29, 0.717) is 0 Å². The summed E-state index contributed by atoms with van der Waals surface area (Å²) in [5, 5.41) is 2.66. The van der Waals surface area contributed by atoms with Crippen LogP contribution in [-0.2, 0) is 5.41 Å². The van der Waals surface area contributed by atoms with Crippen LogP contribution in [0.5, 0.6) is 0 Å². The molecule has 0 unspecified atom stereocenters. The Morgan fingerprint density at radius 2 is 0.929 bits per heavy atom. The predicted molar refractivity (Wildman–Crippen MR) is 176 cm³/mol. The van der Waals surface area contributed by atoms with E-state index in [1.54, 1.807) is 0 Å². The van der Waals surface area contributed by atoms with Crippen molar-refractivity contribution in [3.8, 4) is 33.4 Å². The van der Waals surface area contributed by atoms with Gasteiger partial charge in [-0.15, -0.1) is 0 Å². The molecule has 1 aliphatic carbocycles. The first-order valence-electron chi connectivity index (χ1n) is 14.5. The Kier molecular flexibility index (Phi) is 5.15. The lowest BCUT2D eigenvalue weighted by Gasteiger charge is -2.34. The van der Waals surface area contributed by atoms with Crippen molar-refractivity contribution in [2.45, 2.75) is 15.2 Å². The molecule has 7 aromatic carbocycles. The average Bonchev–Trinajstić information content (AvgIpc) is 3.37. The number of hydrogen-bond donors (Lipinski definition) is 0. The van der Waals surface area contributed by atoms with Gasteiger partial charge in [0.15, 0.2) is 0 Å². The summed E-state index contributed by atoms with van der Waals surface area (Å²) in [6.07, 6.45) is 0. The molecule has 1 heteroatoms. The third kappa shape index (κ3) is 3.15. The molecular weight excluding hydrogens is 525 g/mol. The van der Waals surface area contributed by atoms with E-state index < -0.39 is 5.41 Å². The van der Waals surface area contributed by atoms with E-state index in [1.807, 2.05) is 11.8 Å². The van der Waals surface area contributed by atoms with Crippen molar-refractivity contribution in [2.24, 2.45) is 0 Å². The van der Waals surface area contributed by atoms with E-state index in [-0.39, 0.29) is 0 Å². The van der Waals surface area contributed by atoms with E-state index >= 15 is 0 Å². The topological polar surface area (TPSA) is 0 Å². The molecule has 0 spiro atoms. The monoisotopic (exact) mass is 550 g/mol. The summed E-state index contributed by atoms with van der Waals surface area (Å²) in [6.45, 7) is 0. The molecule has 0 atom stereocenters. The molecule has 0 N–H and O–H groups in total. The standard InChI is InChI=1S/C41H26S/c1-3-14-28(15-4-1)41(29-16-5-2-6-17-29)34-21-9-7-18-32(34)39-30(20-12-22-35(39)41)31-26-25-27-13-11-24-37-38(27)40(31)33-19-8-10-23-36(33)42-37/h1-26H. The first-order valence-corrected chi connectivity index (χ1v) is 15.3. The predicted octanol–water partition coefficient (Wildman–Crippen LogP) is 11.0. The van der Waals surface area contributed by atoms with E-state index in [0.717, 1.165) is 0 Å². The third-order valence-corrected chi connectivity index (χ3v) is 10.3. The fraction of sp³-hybridized carbons (Fsp3) is 0.0244. The fourth-order valence-electron chi connectivity index (χ4n) is 7.53. The van der Waals surface area contributed by atoms with Crippen molar-refractivity contribution in [3.63, 3.8) is 0 Å². The van der Waals surface area contributed by atoms with Crippen LogP contribution in [-0.4, -0.2) is 0 Å². The summed E-state index contributed by atoms with van der Waals surface area (Å²) >= 11 is 1.89. The summed E-state index contributed by atoms with van der Waals surface area (Å²) in [5.74, 6) is 0. The summed E-state index contributed by atoms with van der Waals surface area (Å²) < 4.78 is 0. The zero-order valence-corrected chi connectivity index (χ0v) is 23.7. The van der Waals surface area contributed by atoms with Crippen LogP contribution in [0.3, 0.4) is 0 Å². The Labute approximate surface area is 250 Å². The van der Waals surface area contributed by atoms with Gasteiger partial charge in [-0.3, -0.25) is 0 Å². The summed E-state index contributed by atoms with van der Waals surface area (Å²) in [5.41, 5.74) is 12.8. The lowest BCUT2D eigenvalue weighted by atomic mass is 9.67. The number of hydrogen-bond acceptors (Lipinski definition) is 1. The molecule has 0 fully saturated rings. The van der Waals surface area contributed by atoms with Crippen LogP contribution in [0, 0.1) is 0 Å². The highest BCUT2D eigenvalue weighted by Crippen LogP contribution is 2.59. The largest absolute Gasteiger partial charge is 0.0888 e. The first-order chi connectivity index (χ1) is 20.9. The second-order valence-electron chi connectivity index (χ2n) is 11.2. The smallest absolute Gasteiger partial charge is 0.0713 e. The Bertz CT molecular complexity index is 2120. The molecule has 0 nitrogen and oxygen atoms in total. The van der Waals surface area contributed by atoms with Gasteiger partial charge in [0.1, 0.15) is 0 Å². The minimum absolute atomic E-state index is 0.405. The SMILES string of the molecule is c1ccc(C2(c3ccccc3)c3ccccc3-c3c(-c4ccc5cccc6c5c4-c4ccccc4S6)cccc32)cc1. The molecule has 2 aliphatic rings. The summed E-state index contributed by atoms with van der Waals surface area (Å²) in [7, 11) is 0. The minimum Gasteiger partial charge on any atom is -0.0888 e. The highest BCUT2D eigenvalue weighted by atomic mass is 32.2. The van der Waals surface area contributed by atoms with Gasteiger partial charge in [-0.05, 0) is 73.2 Å². The Morgan fingerprint density at radius 1 is 0.357 bits per heavy atom. The highest BCUT2D eigenvalue weighted by molar-refractivity contribution is 7.99. The minimum atomic E-state index is -0.405. The van der Waals surface area contributed by atoms with Crippen LogP contribution in [0.4, 0.5) is 0 Å². The molecule has 0 saturated heterocycles. The quantitative estimate of drug-likeness (QED) is 0.211. The Morgan fingerprint density at radius 3 is 1.71 bits per heavy atom. The van der Waals surface area contributed by atoms with Crippen molar-refractivity contribution in [1.82, 2.24) is 0 Å². The molecule has 1 aliphatic heterocycles. The van der Waals surface area contributed by atoms with Gasteiger partial charge in [-0.1, -0.05) is 157 Å². The van der Waals surface area contributed by atoms with Crippen LogP contribution in [0.1, 0.15) is 22.3 Å². The van der Waals surface area contributed by atoms with Crippen molar-refractivity contribution in [2.75, 3.05) is 0 Å². The van der Waals surface area contributed by atoms with Crippen LogP contribution in [0.25, 0.3) is 44.2 Å². The van der Waals surface area contributed by atoms with Crippen molar-refractivity contribution in [1.29, 1.82) is 0 Å². The van der Waals surface area contributed by atoms with Crippen molar-refractivity contribution >= 4 is 22.5 Å². The molecule has 0 radical (unpaired) electrons. The Hall–Kier alpha value is -4.85. The zero-order chi connectivity index (χ0) is 27.7. The second-order valence-corrected chi connectivity index (χ2v) is 12.3. The molecule has 0 saturated carbocycles. The van der Waals surface area contributed by atoms with Crippen LogP contribution < -0.4 is 0 Å². The van der Waals surface area contributed by atoms with Gasteiger partial charge >= 0.3 is 0 Å². The third-order valence-electron chi connectivity index (χ3n) is 9.16. The molecule has 7 aromatic rings. The lowest BCUT2D eigenvalue weighted by Crippen LogP contribution is -2.28. The molecule has 196 valence electrons. The molecule has 1 heterocycles. The maximum absolute atomic E-state index is 2.36. The highest BCUT2D eigenvalue weighted by Gasteiger charge is 2.46. The van der Waals surface area contributed by atoms with Crippen LogP contribution >= 0.6 is 11.8 Å². The average molecular weight is 551 g/mol. The van der Waals surface area contributed by atoms with Crippen LogP contribution in [0.15, 0.2) is 168 Å². The van der Waals surface area contributed by atoms with Crippen molar-refractivity contribution < 1.29 is 0 Å². The van der Waals surface area contributed by atoms with E-state index in [1.165, 1.54) is 76.2 Å². The molecular formula is C41H26S. The molecule has 0 bridgehead atoms. The number of rotatable bonds is 3. The van der Waals surface area contributed by atoms with Gasteiger partial charge in [0.25, 0.3) is 0 Å². The zero-order valence-electron chi connectivity index (χ0n) is 22.9. The second kappa shape index (κ2) is 9.08. The number of fused-ring (bicyclic) bond motifs is 5. The molecule has 42 heavy (non-hydrogen) atoms. The maximum atomic E-state index is 2.36. The fourth-order valence-corrected chi connectivity index (χ4v) is 8.67. The molecule has 0 aromatic heterocycles. The Balaban J connectivity index is 1.43. The first kappa shape index (κ1) is 23.8. The van der Waals surface area contributed by atoms with Gasteiger partial charge in [-0.25, -0.2) is 0 Å². The number of benzene rings is 7. The van der Waals surface area contributed by atoms with E-state index in [2.05, 4.69) is 158 Å². The van der Waals surface area contributed by atoms with Gasteiger partial charge < -0.3 is 0 Å². The normalized spacial score (nSPS) is 13.8. The van der Waals surface area contributed by atoms with Gasteiger partial charge in [-0.2, -0.15) is 0 Å². The van der Waals surface area contributed by atoms with E-state index in [4.69, 9.17) is 0 Å². The maximum Gasteiger partial charge on any atom is 0.0713 e. The summed E-state index contributed by atoms with van der Waals surface area (Å²) in [4.78, 5) is 2.65. The van der Waals surface area contributed by atoms with Gasteiger partial charge in [0.2, 0.25) is 0 Å². The van der Waals surface area contributed by atoms with Gasteiger partial charge in [0, 0.05) is 15.2 Å². The van der Waals surface area contributed by atoms with Crippen LogP contribution in [0.2, 0.25) is 0 Å².